The van der Waals surface area contributed by atoms with Crippen LogP contribution in [-0.2, 0) is 18.3 Å². The molecule has 2 rings (SSSR count). The summed E-state index contributed by atoms with van der Waals surface area (Å²) >= 11 is 0. The van der Waals surface area contributed by atoms with E-state index in [2.05, 4.69) is 4.98 Å². The van der Waals surface area contributed by atoms with Crippen molar-refractivity contribution in [3.05, 3.63) is 18.2 Å². The number of aliphatic carboxylic acids is 1. The highest BCUT2D eigenvalue weighted by Crippen LogP contribution is 2.42. The number of rotatable bonds is 4. The number of nitrogens with zero attached hydrogens (tertiary/aromatic N) is 2. The second-order valence-corrected chi connectivity index (χ2v) is 4.75. The van der Waals surface area contributed by atoms with Crippen molar-refractivity contribution in [2.45, 2.75) is 38.5 Å². The molecule has 4 heteroatoms. The first-order chi connectivity index (χ1) is 7.64. The van der Waals surface area contributed by atoms with Crippen LogP contribution in [0.5, 0.6) is 0 Å². The highest BCUT2D eigenvalue weighted by molar-refractivity contribution is 5.74. The number of aryl methyl sites for hydroxylation is 2. The molecule has 0 radical (unpaired) electrons. The molecule has 0 saturated heterocycles. The minimum Gasteiger partial charge on any atom is -0.481 e. The normalized spacial score (nSPS) is 18.8. The monoisotopic (exact) mass is 222 g/mol. The van der Waals surface area contributed by atoms with E-state index in [0.29, 0.717) is 6.42 Å². The van der Waals surface area contributed by atoms with Crippen molar-refractivity contribution in [2.75, 3.05) is 0 Å². The summed E-state index contributed by atoms with van der Waals surface area (Å²) in [6, 6.07) is 0. The van der Waals surface area contributed by atoms with Crippen LogP contribution in [-0.4, -0.2) is 20.6 Å². The second-order valence-electron chi connectivity index (χ2n) is 4.75. The summed E-state index contributed by atoms with van der Waals surface area (Å²) in [7, 11) is 1.95. The Morgan fingerprint density at radius 2 is 2.25 bits per heavy atom. The summed E-state index contributed by atoms with van der Waals surface area (Å²) in [5.41, 5.74) is -0.480. The molecule has 1 saturated carbocycles. The third-order valence-corrected chi connectivity index (χ3v) is 3.76. The van der Waals surface area contributed by atoms with Crippen LogP contribution < -0.4 is 0 Å². The Balaban J connectivity index is 2.03. The highest BCUT2D eigenvalue weighted by Gasteiger charge is 2.40. The van der Waals surface area contributed by atoms with Gasteiger partial charge in [0.05, 0.1) is 5.41 Å². The number of hydrogen-bond acceptors (Lipinski definition) is 2. The summed E-state index contributed by atoms with van der Waals surface area (Å²) < 4.78 is 1.96. The average molecular weight is 222 g/mol. The predicted molar refractivity (Wildman–Crippen MR) is 60.1 cm³/mol. The molecule has 0 aliphatic heterocycles. The maximum Gasteiger partial charge on any atom is 0.309 e. The first-order valence-corrected chi connectivity index (χ1v) is 5.84. The molecule has 1 heterocycles. The summed E-state index contributed by atoms with van der Waals surface area (Å²) in [6.07, 6.45) is 8.89. The third kappa shape index (κ3) is 1.96. The highest BCUT2D eigenvalue weighted by atomic mass is 16.4. The molecule has 0 aromatic carbocycles. The van der Waals surface area contributed by atoms with E-state index in [1.807, 2.05) is 17.8 Å². The molecular formula is C12H18N2O2. The second kappa shape index (κ2) is 4.28. The number of carboxylic acid groups (broad SMARTS) is 1. The Kier molecular flexibility index (Phi) is 2.99. The van der Waals surface area contributed by atoms with E-state index in [1.165, 1.54) is 0 Å². The molecule has 1 fully saturated rings. The van der Waals surface area contributed by atoms with E-state index < -0.39 is 11.4 Å². The van der Waals surface area contributed by atoms with Gasteiger partial charge in [0.2, 0.25) is 0 Å². The zero-order valence-electron chi connectivity index (χ0n) is 9.65. The Morgan fingerprint density at radius 1 is 1.56 bits per heavy atom. The zero-order chi connectivity index (χ0) is 11.6. The van der Waals surface area contributed by atoms with E-state index in [1.54, 1.807) is 6.20 Å². The quantitative estimate of drug-likeness (QED) is 0.847. The molecular weight excluding hydrogens is 204 g/mol. The summed E-state index contributed by atoms with van der Waals surface area (Å²) in [6.45, 7) is 0. The molecule has 0 spiro atoms. The molecule has 0 amide bonds. The predicted octanol–water partition coefficient (Wildman–Crippen LogP) is 2.00. The standard InChI is InChI=1S/C12H18N2O2/c1-14-9-8-13-10(14)4-7-12(11(15)16)5-2-3-6-12/h8-9H,2-7H2,1H3,(H,15,16). The Morgan fingerprint density at radius 3 is 2.75 bits per heavy atom. The number of aromatic nitrogens is 2. The van der Waals surface area contributed by atoms with Crippen LogP contribution in [0.25, 0.3) is 0 Å². The molecule has 1 aromatic rings. The van der Waals surface area contributed by atoms with Crippen molar-refractivity contribution < 1.29 is 9.90 Å². The van der Waals surface area contributed by atoms with Crippen molar-refractivity contribution in [3.8, 4) is 0 Å². The maximum atomic E-state index is 11.3. The van der Waals surface area contributed by atoms with Gasteiger partial charge in [0, 0.05) is 25.9 Å². The van der Waals surface area contributed by atoms with Crippen molar-refractivity contribution in [3.63, 3.8) is 0 Å². The molecule has 16 heavy (non-hydrogen) atoms. The topological polar surface area (TPSA) is 55.1 Å². The van der Waals surface area contributed by atoms with Crippen molar-refractivity contribution in [2.24, 2.45) is 12.5 Å². The molecule has 1 aliphatic carbocycles. The van der Waals surface area contributed by atoms with Gasteiger partial charge in [-0.05, 0) is 19.3 Å². The van der Waals surface area contributed by atoms with Gasteiger partial charge in [0.1, 0.15) is 5.82 Å². The fourth-order valence-electron chi connectivity index (χ4n) is 2.61. The number of carbonyl (C=O) groups is 1. The molecule has 1 N–H and O–H groups in total. The average Bonchev–Trinajstić information content (AvgIpc) is 2.84. The largest absolute Gasteiger partial charge is 0.481 e. The van der Waals surface area contributed by atoms with Gasteiger partial charge in [-0.25, -0.2) is 4.98 Å². The van der Waals surface area contributed by atoms with E-state index in [9.17, 15) is 9.90 Å². The Labute approximate surface area is 95.3 Å². The van der Waals surface area contributed by atoms with Gasteiger partial charge in [0.25, 0.3) is 0 Å². The molecule has 0 atom stereocenters. The first-order valence-electron chi connectivity index (χ1n) is 5.84. The fraction of sp³-hybridized carbons (Fsp3) is 0.667. The van der Waals surface area contributed by atoms with Crippen LogP contribution in [0.2, 0.25) is 0 Å². The number of carboxylic acids is 1. The third-order valence-electron chi connectivity index (χ3n) is 3.76. The van der Waals surface area contributed by atoms with Gasteiger partial charge in [-0.1, -0.05) is 12.8 Å². The van der Waals surface area contributed by atoms with Crippen LogP contribution in [0, 0.1) is 5.41 Å². The lowest BCUT2D eigenvalue weighted by Gasteiger charge is -2.23. The van der Waals surface area contributed by atoms with Crippen molar-refractivity contribution in [1.82, 2.24) is 9.55 Å². The maximum absolute atomic E-state index is 11.3. The van der Waals surface area contributed by atoms with Gasteiger partial charge in [0.15, 0.2) is 0 Å². The van der Waals surface area contributed by atoms with Gasteiger partial charge in [-0.15, -0.1) is 0 Å². The fourth-order valence-corrected chi connectivity index (χ4v) is 2.61. The lowest BCUT2D eigenvalue weighted by atomic mass is 9.81. The number of imidazole rings is 1. The van der Waals surface area contributed by atoms with E-state index in [4.69, 9.17) is 0 Å². The van der Waals surface area contributed by atoms with E-state index >= 15 is 0 Å². The van der Waals surface area contributed by atoms with Crippen LogP contribution in [0.1, 0.15) is 37.9 Å². The zero-order valence-corrected chi connectivity index (χ0v) is 9.65. The minimum atomic E-state index is -0.626. The first kappa shape index (κ1) is 11.2. The van der Waals surface area contributed by atoms with E-state index in [-0.39, 0.29) is 0 Å². The minimum absolute atomic E-state index is 0.480. The van der Waals surface area contributed by atoms with Crippen LogP contribution in [0.4, 0.5) is 0 Å². The summed E-state index contributed by atoms with van der Waals surface area (Å²) in [5.74, 6) is 0.353. The summed E-state index contributed by atoms with van der Waals surface area (Å²) in [5, 5.41) is 9.33. The van der Waals surface area contributed by atoms with Crippen LogP contribution in [0.3, 0.4) is 0 Å². The molecule has 1 aromatic heterocycles. The van der Waals surface area contributed by atoms with Crippen LogP contribution >= 0.6 is 0 Å². The smallest absolute Gasteiger partial charge is 0.309 e. The number of hydrogen-bond donors (Lipinski definition) is 1. The molecule has 0 bridgehead atoms. The van der Waals surface area contributed by atoms with Gasteiger partial charge in [-0.2, -0.15) is 0 Å². The summed E-state index contributed by atoms with van der Waals surface area (Å²) in [4.78, 5) is 15.6. The van der Waals surface area contributed by atoms with Crippen molar-refractivity contribution in [1.29, 1.82) is 0 Å². The van der Waals surface area contributed by atoms with Gasteiger partial charge < -0.3 is 9.67 Å². The van der Waals surface area contributed by atoms with Gasteiger partial charge in [-0.3, -0.25) is 4.79 Å². The lowest BCUT2D eigenvalue weighted by molar-refractivity contribution is -0.149. The van der Waals surface area contributed by atoms with Crippen LogP contribution in [0.15, 0.2) is 12.4 Å². The van der Waals surface area contributed by atoms with Gasteiger partial charge >= 0.3 is 5.97 Å². The molecule has 88 valence electrons. The molecule has 4 nitrogen and oxygen atoms in total. The Hall–Kier alpha value is -1.32. The SMILES string of the molecule is Cn1ccnc1CCC1(C(=O)O)CCCC1. The lowest BCUT2D eigenvalue weighted by Crippen LogP contribution is -2.28. The van der Waals surface area contributed by atoms with E-state index in [0.717, 1.165) is 37.9 Å². The molecule has 1 aliphatic rings. The molecule has 0 unspecified atom stereocenters. The van der Waals surface area contributed by atoms with Crippen molar-refractivity contribution >= 4 is 5.97 Å². The Bertz CT molecular complexity index is 378.